The first-order valence-corrected chi connectivity index (χ1v) is 6.34. The first kappa shape index (κ1) is 17.6. The number of hydrogen-bond acceptors (Lipinski definition) is 4. The fourth-order valence-electron chi connectivity index (χ4n) is 1.56. The van der Waals surface area contributed by atoms with Crippen LogP contribution in [-0.4, -0.2) is 28.5 Å². The van der Waals surface area contributed by atoms with Crippen molar-refractivity contribution in [3.8, 4) is 11.5 Å². The van der Waals surface area contributed by atoms with Gasteiger partial charge in [0.05, 0.1) is 6.21 Å². The molecule has 2 aromatic rings. The summed E-state index contributed by atoms with van der Waals surface area (Å²) in [5.41, 5.74) is 1.19. The van der Waals surface area contributed by atoms with Crippen LogP contribution in [0.5, 0.6) is 11.5 Å². The van der Waals surface area contributed by atoms with Crippen molar-refractivity contribution < 1.29 is 26.7 Å². The molecule has 0 aliphatic rings. The molecule has 0 unspecified atom stereocenters. The predicted octanol–water partition coefficient (Wildman–Crippen LogP) is 2.97. The zero-order chi connectivity index (χ0) is 15.1. The van der Waals surface area contributed by atoms with Crippen molar-refractivity contribution in [1.82, 2.24) is 0 Å². The van der Waals surface area contributed by atoms with E-state index in [9.17, 15) is 10.2 Å². The van der Waals surface area contributed by atoms with Crippen LogP contribution in [0.25, 0.3) is 0 Å². The molecular weight excluding hydrogens is 325 g/mol. The SMILES string of the molecule is C/C(N=Cc1ccccc1O)=N/N=C/c1ccccc1O.[Ni]. The maximum Gasteiger partial charge on any atom is 0.147 e. The largest absolute Gasteiger partial charge is 0.507 e. The molecule has 0 aliphatic heterocycles. The minimum absolute atomic E-state index is 0. The number of rotatable bonds is 3. The molecule has 0 amide bonds. The van der Waals surface area contributed by atoms with Gasteiger partial charge in [-0.3, -0.25) is 0 Å². The van der Waals surface area contributed by atoms with E-state index >= 15 is 0 Å². The third-order valence-corrected chi connectivity index (χ3v) is 2.66. The Hall–Kier alpha value is -2.46. The van der Waals surface area contributed by atoms with Crippen molar-refractivity contribution in [3.05, 3.63) is 59.7 Å². The second-order valence-corrected chi connectivity index (χ2v) is 4.27. The van der Waals surface area contributed by atoms with Crippen LogP contribution in [0, 0.1) is 0 Å². The van der Waals surface area contributed by atoms with Gasteiger partial charge in [-0.2, -0.15) is 5.10 Å². The summed E-state index contributed by atoms with van der Waals surface area (Å²) in [6.45, 7) is 1.69. The average molecular weight is 340 g/mol. The van der Waals surface area contributed by atoms with Gasteiger partial charge in [-0.25, -0.2) is 4.99 Å². The number of benzene rings is 2. The Morgan fingerprint density at radius 1 is 0.864 bits per heavy atom. The summed E-state index contributed by atoms with van der Waals surface area (Å²) in [6, 6.07) is 13.7. The molecule has 0 fully saturated rings. The van der Waals surface area contributed by atoms with Crippen molar-refractivity contribution >= 4 is 18.3 Å². The van der Waals surface area contributed by atoms with E-state index in [0.29, 0.717) is 17.0 Å². The standard InChI is InChI=1S/C16H15N3O2.Ni/c1-12(17-10-13-6-2-4-8-15(13)20)19-18-11-14-7-3-5-9-16(14)21;/h2-11,20-21H,1H3;/b17-10?,18-11+,19-12-;. The minimum atomic E-state index is 0. The summed E-state index contributed by atoms with van der Waals surface area (Å²) in [6.07, 6.45) is 2.97. The van der Waals surface area contributed by atoms with E-state index in [-0.39, 0.29) is 28.0 Å². The number of aromatic hydroxyl groups is 2. The van der Waals surface area contributed by atoms with E-state index in [1.54, 1.807) is 49.4 Å². The topological polar surface area (TPSA) is 77.5 Å². The number of phenolic OH excluding ortho intramolecular Hbond substituents is 2. The average Bonchev–Trinajstić information content (AvgIpc) is 2.48. The Morgan fingerprint density at radius 2 is 1.36 bits per heavy atom. The first-order valence-electron chi connectivity index (χ1n) is 6.34. The Labute approximate surface area is 138 Å². The summed E-state index contributed by atoms with van der Waals surface area (Å²) in [7, 11) is 0. The maximum absolute atomic E-state index is 9.59. The Bertz CT molecular complexity index is 712. The molecule has 0 aliphatic carbocycles. The third kappa shape index (κ3) is 5.15. The molecule has 2 N–H and O–H groups in total. The van der Waals surface area contributed by atoms with E-state index in [4.69, 9.17) is 0 Å². The molecule has 0 radical (unpaired) electrons. The number of phenols is 2. The molecule has 0 saturated carbocycles. The number of aliphatic imine (C=N–C) groups is 1. The van der Waals surface area contributed by atoms with Crippen LogP contribution in [0.3, 0.4) is 0 Å². The number of para-hydroxylation sites is 2. The molecular formula is C16H15N3NiO2. The molecule has 0 atom stereocenters. The minimum Gasteiger partial charge on any atom is -0.507 e. The van der Waals surface area contributed by atoms with Gasteiger partial charge in [0.1, 0.15) is 17.3 Å². The van der Waals surface area contributed by atoms with Crippen LogP contribution in [0.2, 0.25) is 0 Å². The van der Waals surface area contributed by atoms with Gasteiger partial charge in [0.2, 0.25) is 0 Å². The summed E-state index contributed by atoms with van der Waals surface area (Å²) in [5, 5.41) is 26.9. The molecule has 2 rings (SSSR count). The Balaban J connectivity index is 0.00000242. The van der Waals surface area contributed by atoms with Crippen molar-refractivity contribution in [3.63, 3.8) is 0 Å². The van der Waals surface area contributed by atoms with Crippen LogP contribution in [0.15, 0.2) is 63.7 Å². The van der Waals surface area contributed by atoms with Crippen molar-refractivity contribution in [2.75, 3.05) is 0 Å². The second kappa shape index (κ2) is 8.75. The van der Waals surface area contributed by atoms with Gasteiger partial charge in [-0.1, -0.05) is 24.3 Å². The molecule has 0 heterocycles. The van der Waals surface area contributed by atoms with Gasteiger partial charge in [0.15, 0.2) is 0 Å². The van der Waals surface area contributed by atoms with Crippen molar-refractivity contribution in [1.29, 1.82) is 0 Å². The molecule has 0 saturated heterocycles. The normalized spacial score (nSPS) is 11.8. The predicted molar refractivity (Wildman–Crippen MR) is 84.5 cm³/mol. The van der Waals surface area contributed by atoms with Crippen LogP contribution in [0.4, 0.5) is 0 Å². The second-order valence-electron chi connectivity index (χ2n) is 4.27. The van der Waals surface area contributed by atoms with Gasteiger partial charge in [0, 0.05) is 33.8 Å². The van der Waals surface area contributed by atoms with E-state index in [1.807, 2.05) is 6.07 Å². The molecule has 0 bridgehead atoms. The molecule has 116 valence electrons. The van der Waals surface area contributed by atoms with Gasteiger partial charge in [-0.05, 0) is 31.2 Å². The van der Waals surface area contributed by atoms with Gasteiger partial charge in [-0.15, -0.1) is 5.10 Å². The quantitative estimate of drug-likeness (QED) is 0.390. The summed E-state index contributed by atoms with van der Waals surface area (Å²) in [5.74, 6) is 0.739. The zero-order valence-electron chi connectivity index (χ0n) is 11.8. The number of hydrogen-bond donors (Lipinski definition) is 2. The van der Waals surface area contributed by atoms with E-state index in [1.165, 1.54) is 12.4 Å². The fraction of sp³-hybridized carbons (Fsp3) is 0.0625. The van der Waals surface area contributed by atoms with Crippen molar-refractivity contribution in [2.45, 2.75) is 6.92 Å². The summed E-state index contributed by atoms with van der Waals surface area (Å²) < 4.78 is 0. The number of nitrogens with zero attached hydrogens (tertiary/aromatic N) is 3. The third-order valence-electron chi connectivity index (χ3n) is 2.66. The maximum atomic E-state index is 9.59. The van der Waals surface area contributed by atoms with E-state index in [0.717, 1.165) is 0 Å². The monoisotopic (exact) mass is 339 g/mol. The van der Waals surface area contributed by atoms with Gasteiger partial charge in [0.25, 0.3) is 0 Å². The molecule has 5 nitrogen and oxygen atoms in total. The smallest absolute Gasteiger partial charge is 0.147 e. The van der Waals surface area contributed by atoms with E-state index in [2.05, 4.69) is 15.2 Å². The van der Waals surface area contributed by atoms with Crippen LogP contribution in [0.1, 0.15) is 18.1 Å². The van der Waals surface area contributed by atoms with Crippen LogP contribution < -0.4 is 0 Å². The molecule has 0 aromatic heterocycles. The van der Waals surface area contributed by atoms with Crippen molar-refractivity contribution in [2.24, 2.45) is 15.2 Å². The Kier molecular flexibility index (Phi) is 7.00. The molecule has 2 aromatic carbocycles. The van der Waals surface area contributed by atoms with Crippen LogP contribution in [-0.2, 0) is 16.5 Å². The summed E-state index contributed by atoms with van der Waals surface area (Å²) >= 11 is 0. The van der Waals surface area contributed by atoms with Gasteiger partial charge >= 0.3 is 0 Å². The number of amidine groups is 1. The zero-order valence-corrected chi connectivity index (χ0v) is 12.8. The van der Waals surface area contributed by atoms with E-state index < -0.39 is 0 Å². The molecule has 22 heavy (non-hydrogen) atoms. The molecule has 0 spiro atoms. The summed E-state index contributed by atoms with van der Waals surface area (Å²) in [4.78, 5) is 4.10. The Morgan fingerprint density at radius 3 is 1.91 bits per heavy atom. The molecule has 6 heteroatoms. The first-order chi connectivity index (χ1) is 10.2. The van der Waals surface area contributed by atoms with Gasteiger partial charge < -0.3 is 10.2 Å². The van der Waals surface area contributed by atoms with Crippen LogP contribution >= 0.6 is 0 Å². The fourth-order valence-corrected chi connectivity index (χ4v) is 1.56.